The molecule has 0 unspecified atom stereocenters. The molecule has 2 rings (SSSR count). The largest absolute Gasteiger partial charge is 0.491 e. The maximum atomic E-state index is 13.3. The van der Waals surface area contributed by atoms with Gasteiger partial charge in [-0.2, -0.15) is 0 Å². The Balaban J connectivity index is 1.96. The smallest absolute Gasteiger partial charge is 0.243 e. The first-order valence-electron chi connectivity index (χ1n) is 10.4. The summed E-state index contributed by atoms with van der Waals surface area (Å²) in [5, 5.41) is 8.75. The van der Waals surface area contributed by atoms with Crippen molar-refractivity contribution in [3.05, 3.63) is 59.4 Å². The third-order valence-electron chi connectivity index (χ3n) is 4.19. The number of nitrogens with zero attached hydrogens (tertiary/aromatic N) is 1. The van der Waals surface area contributed by atoms with E-state index in [4.69, 9.17) is 9.47 Å². The molecule has 0 saturated carbocycles. The van der Waals surface area contributed by atoms with Gasteiger partial charge in [-0.05, 0) is 50.6 Å². The number of aliphatic imine (C=N–C) groups is 1. The Hall–Kier alpha value is -3.13. The first-order valence-corrected chi connectivity index (χ1v) is 10.4. The fourth-order valence-corrected chi connectivity index (χ4v) is 2.72. The molecule has 168 valence electrons. The quantitative estimate of drug-likeness (QED) is 0.290. The van der Waals surface area contributed by atoms with E-state index in [2.05, 4.69) is 20.9 Å². The Kier molecular flexibility index (Phi) is 10.3. The molecule has 0 aliphatic rings. The van der Waals surface area contributed by atoms with E-state index in [0.717, 1.165) is 16.9 Å². The van der Waals surface area contributed by atoms with Crippen molar-refractivity contribution in [2.24, 2.45) is 4.99 Å². The zero-order valence-electron chi connectivity index (χ0n) is 18.3. The Bertz CT molecular complexity index is 874. The standard InChI is InChI=1S/C23H31FN4O3/c1-4-25-23(27-16-22(29)28-20-8-6-7-19(24)14-20)26-15-18-10-9-17(3)13-21(18)31-12-11-30-5-2/h6-10,13-14H,4-5,11-12,15-16H2,1-3H3,(H,28,29)(H2,25,26,27). The Morgan fingerprint density at radius 1 is 1.10 bits per heavy atom. The lowest BCUT2D eigenvalue weighted by Gasteiger charge is -2.14. The number of carbonyl (C=O) groups is 1. The fourth-order valence-electron chi connectivity index (χ4n) is 2.72. The van der Waals surface area contributed by atoms with E-state index in [1.54, 1.807) is 12.1 Å². The second kappa shape index (κ2) is 13.2. The predicted molar refractivity (Wildman–Crippen MR) is 121 cm³/mol. The van der Waals surface area contributed by atoms with Gasteiger partial charge >= 0.3 is 0 Å². The minimum atomic E-state index is -0.405. The summed E-state index contributed by atoms with van der Waals surface area (Å²) in [6.45, 7) is 8.55. The average molecular weight is 431 g/mol. The number of carbonyl (C=O) groups excluding carboxylic acids is 1. The van der Waals surface area contributed by atoms with E-state index >= 15 is 0 Å². The SMILES string of the molecule is CCNC(=NCc1ccc(C)cc1OCCOCC)NCC(=O)Nc1cccc(F)c1. The summed E-state index contributed by atoms with van der Waals surface area (Å²) in [5.74, 6) is 0.561. The molecule has 0 bridgehead atoms. The van der Waals surface area contributed by atoms with Crippen LogP contribution in [0.25, 0.3) is 0 Å². The number of rotatable bonds is 11. The number of benzene rings is 2. The van der Waals surface area contributed by atoms with Crippen LogP contribution in [0.4, 0.5) is 10.1 Å². The second-order valence-electron chi connectivity index (χ2n) is 6.76. The molecule has 0 radical (unpaired) electrons. The number of aryl methyl sites for hydroxylation is 1. The highest BCUT2D eigenvalue weighted by Crippen LogP contribution is 2.21. The molecule has 3 N–H and O–H groups in total. The van der Waals surface area contributed by atoms with Gasteiger partial charge in [-0.15, -0.1) is 0 Å². The number of amides is 1. The van der Waals surface area contributed by atoms with Crippen LogP contribution in [0.2, 0.25) is 0 Å². The van der Waals surface area contributed by atoms with E-state index in [0.29, 0.717) is 44.6 Å². The van der Waals surface area contributed by atoms with Crippen LogP contribution >= 0.6 is 0 Å². The van der Waals surface area contributed by atoms with Gasteiger partial charge in [-0.1, -0.05) is 18.2 Å². The van der Waals surface area contributed by atoms with Gasteiger partial charge in [0.25, 0.3) is 0 Å². The number of anilines is 1. The maximum Gasteiger partial charge on any atom is 0.243 e. The topological polar surface area (TPSA) is 84.0 Å². The van der Waals surface area contributed by atoms with Gasteiger partial charge in [0.1, 0.15) is 18.2 Å². The average Bonchev–Trinajstić information content (AvgIpc) is 2.74. The summed E-state index contributed by atoms with van der Waals surface area (Å²) >= 11 is 0. The maximum absolute atomic E-state index is 13.3. The van der Waals surface area contributed by atoms with Crippen LogP contribution in [0.5, 0.6) is 5.75 Å². The van der Waals surface area contributed by atoms with E-state index in [-0.39, 0.29) is 12.5 Å². The van der Waals surface area contributed by atoms with Crippen molar-refractivity contribution >= 4 is 17.6 Å². The molecule has 2 aromatic rings. The van der Waals surface area contributed by atoms with Crippen LogP contribution in [0.3, 0.4) is 0 Å². The highest BCUT2D eigenvalue weighted by Gasteiger charge is 2.07. The molecule has 0 spiro atoms. The summed E-state index contributed by atoms with van der Waals surface area (Å²) in [7, 11) is 0. The molecule has 7 nitrogen and oxygen atoms in total. The van der Waals surface area contributed by atoms with E-state index in [9.17, 15) is 9.18 Å². The molecule has 0 aliphatic heterocycles. The molecule has 0 heterocycles. The molecule has 0 aromatic heterocycles. The number of guanidine groups is 1. The van der Waals surface area contributed by atoms with E-state index in [1.165, 1.54) is 12.1 Å². The van der Waals surface area contributed by atoms with E-state index in [1.807, 2.05) is 39.0 Å². The van der Waals surface area contributed by atoms with Crippen LogP contribution in [0.1, 0.15) is 25.0 Å². The van der Waals surface area contributed by atoms with Gasteiger partial charge in [0.2, 0.25) is 5.91 Å². The Morgan fingerprint density at radius 3 is 2.68 bits per heavy atom. The number of hydrogen-bond acceptors (Lipinski definition) is 4. The van der Waals surface area contributed by atoms with Crippen molar-refractivity contribution in [1.29, 1.82) is 0 Å². The first-order chi connectivity index (χ1) is 15.0. The van der Waals surface area contributed by atoms with Crippen molar-refractivity contribution in [3.63, 3.8) is 0 Å². The predicted octanol–water partition coefficient (Wildman–Crippen LogP) is 3.24. The summed E-state index contributed by atoms with van der Waals surface area (Å²) in [4.78, 5) is 16.7. The highest BCUT2D eigenvalue weighted by atomic mass is 19.1. The number of halogens is 1. The van der Waals surface area contributed by atoms with Gasteiger partial charge in [-0.3, -0.25) is 4.79 Å². The highest BCUT2D eigenvalue weighted by molar-refractivity contribution is 5.94. The number of hydrogen-bond donors (Lipinski definition) is 3. The molecule has 2 aromatic carbocycles. The lowest BCUT2D eigenvalue weighted by molar-refractivity contribution is -0.115. The van der Waals surface area contributed by atoms with Gasteiger partial charge < -0.3 is 25.4 Å². The molecule has 31 heavy (non-hydrogen) atoms. The van der Waals surface area contributed by atoms with Crippen molar-refractivity contribution in [1.82, 2.24) is 10.6 Å². The molecule has 0 fully saturated rings. The molecule has 0 aliphatic carbocycles. The van der Waals surface area contributed by atoms with E-state index < -0.39 is 5.82 Å². The molecular formula is C23H31FN4O3. The monoisotopic (exact) mass is 430 g/mol. The summed E-state index contributed by atoms with van der Waals surface area (Å²) in [6.07, 6.45) is 0. The third-order valence-corrected chi connectivity index (χ3v) is 4.19. The normalized spacial score (nSPS) is 11.2. The minimum absolute atomic E-state index is 0.00599. The summed E-state index contributed by atoms with van der Waals surface area (Å²) in [5.41, 5.74) is 2.43. The lowest BCUT2D eigenvalue weighted by atomic mass is 10.1. The zero-order chi connectivity index (χ0) is 22.5. The van der Waals surface area contributed by atoms with Gasteiger partial charge in [0.05, 0.1) is 19.7 Å². The molecular weight excluding hydrogens is 399 g/mol. The summed E-state index contributed by atoms with van der Waals surface area (Å²) in [6, 6.07) is 11.7. The molecule has 0 atom stereocenters. The minimum Gasteiger partial charge on any atom is -0.491 e. The first kappa shape index (κ1) is 24.1. The molecule has 8 heteroatoms. The molecule has 0 saturated heterocycles. The van der Waals surface area contributed by atoms with Crippen molar-refractivity contribution in [3.8, 4) is 5.75 Å². The Labute approximate surface area is 183 Å². The third kappa shape index (κ3) is 9.04. The van der Waals surface area contributed by atoms with Gasteiger partial charge in [0, 0.05) is 24.4 Å². The second-order valence-corrected chi connectivity index (χ2v) is 6.76. The Morgan fingerprint density at radius 2 is 1.94 bits per heavy atom. The lowest BCUT2D eigenvalue weighted by Crippen LogP contribution is -2.41. The van der Waals surface area contributed by atoms with Crippen molar-refractivity contribution < 1.29 is 18.7 Å². The van der Waals surface area contributed by atoms with Crippen LogP contribution in [0, 0.1) is 12.7 Å². The fraction of sp³-hybridized carbons (Fsp3) is 0.391. The van der Waals surface area contributed by atoms with Gasteiger partial charge in [0.15, 0.2) is 5.96 Å². The van der Waals surface area contributed by atoms with Crippen molar-refractivity contribution in [2.75, 3.05) is 38.2 Å². The molecule has 1 amide bonds. The summed E-state index contributed by atoms with van der Waals surface area (Å²) < 4.78 is 24.4. The van der Waals surface area contributed by atoms with Crippen LogP contribution in [0.15, 0.2) is 47.5 Å². The van der Waals surface area contributed by atoms with Crippen LogP contribution < -0.4 is 20.7 Å². The van der Waals surface area contributed by atoms with Crippen LogP contribution in [-0.2, 0) is 16.1 Å². The number of nitrogens with one attached hydrogen (secondary N) is 3. The number of ether oxygens (including phenoxy) is 2. The van der Waals surface area contributed by atoms with Crippen LogP contribution in [-0.4, -0.2) is 44.8 Å². The zero-order valence-corrected chi connectivity index (χ0v) is 18.3. The van der Waals surface area contributed by atoms with Gasteiger partial charge in [-0.25, -0.2) is 9.38 Å². The van der Waals surface area contributed by atoms with Crippen molar-refractivity contribution in [2.45, 2.75) is 27.3 Å².